The van der Waals surface area contributed by atoms with Gasteiger partial charge in [0.1, 0.15) is 11.6 Å². The summed E-state index contributed by atoms with van der Waals surface area (Å²) in [7, 11) is 0. The molecule has 3 rings (SSSR count). The van der Waals surface area contributed by atoms with Crippen LogP contribution >= 0.6 is 0 Å². The Bertz CT molecular complexity index is 1050. The van der Waals surface area contributed by atoms with Gasteiger partial charge in [0, 0.05) is 5.39 Å². The number of rotatable bonds is 1. The number of benzene rings is 1. The molecule has 0 saturated heterocycles. The molecule has 2 aromatic rings. The molecule has 0 fully saturated rings. The van der Waals surface area contributed by atoms with Crippen molar-refractivity contribution in [1.29, 1.82) is 5.26 Å². The molecule has 0 unspecified atom stereocenters. The summed E-state index contributed by atoms with van der Waals surface area (Å²) in [6.07, 6.45) is -7.22. The summed E-state index contributed by atoms with van der Waals surface area (Å²) < 4.78 is 47.4. The van der Waals surface area contributed by atoms with Crippen LogP contribution in [0, 0.1) is 11.3 Å². The highest BCUT2D eigenvalue weighted by molar-refractivity contribution is 6.02. The lowest BCUT2D eigenvalue weighted by Crippen LogP contribution is -2.53. The Labute approximate surface area is 142 Å². The van der Waals surface area contributed by atoms with Gasteiger partial charge in [-0.25, -0.2) is 9.36 Å². The molecule has 2 heterocycles. The number of para-hydroxylation sites is 1. The van der Waals surface area contributed by atoms with E-state index in [4.69, 9.17) is 15.7 Å². The zero-order valence-electron chi connectivity index (χ0n) is 12.5. The number of fused-ring (bicyclic) bond motifs is 3. The maximum Gasteiger partial charge on any atom is 0.418 e. The highest BCUT2D eigenvalue weighted by atomic mass is 19.4. The summed E-state index contributed by atoms with van der Waals surface area (Å²) in [6.45, 7) is 0. The van der Waals surface area contributed by atoms with Crippen molar-refractivity contribution in [2.45, 2.75) is 11.6 Å². The van der Waals surface area contributed by atoms with Crippen LogP contribution < -0.4 is 10.5 Å². The van der Waals surface area contributed by atoms with Gasteiger partial charge in [0.05, 0.1) is 11.1 Å². The van der Waals surface area contributed by atoms with Crippen molar-refractivity contribution < 1.29 is 37.7 Å². The number of ether oxygens (including phenoxy) is 1. The van der Waals surface area contributed by atoms with Gasteiger partial charge >= 0.3 is 18.2 Å². The number of carboxylic acid groups (broad SMARTS) is 2. The lowest BCUT2D eigenvalue weighted by molar-refractivity contribution is -0.197. The second-order valence-corrected chi connectivity index (χ2v) is 5.32. The monoisotopic (exact) mass is 367 g/mol. The third-order valence-corrected chi connectivity index (χ3v) is 4.08. The molecular weight excluding hydrogens is 359 g/mol. The third kappa shape index (κ3) is 1.83. The fourth-order valence-corrected chi connectivity index (χ4v) is 3.09. The smallest absolute Gasteiger partial charge is 0.418 e. The summed E-state index contributed by atoms with van der Waals surface area (Å²) in [4.78, 5) is 23.4. The van der Waals surface area contributed by atoms with Gasteiger partial charge < -0.3 is 20.7 Å². The Kier molecular flexibility index (Phi) is 3.40. The van der Waals surface area contributed by atoms with Crippen molar-refractivity contribution in [1.82, 2.24) is 4.57 Å². The lowest BCUT2D eigenvalue weighted by Gasteiger charge is -2.34. The number of nitrogens with two attached hydrogens (primary N) is 1. The highest BCUT2D eigenvalue weighted by Gasteiger charge is 2.70. The average molecular weight is 367 g/mol. The van der Waals surface area contributed by atoms with E-state index in [1.807, 2.05) is 0 Å². The summed E-state index contributed by atoms with van der Waals surface area (Å²) in [6, 6.07) is 6.08. The fourth-order valence-electron chi connectivity index (χ4n) is 3.09. The maximum atomic E-state index is 14.0. The largest absolute Gasteiger partial charge is 0.480 e. The molecule has 0 amide bonds. The highest BCUT2D eigenvalue weighted by Crippen LogP contribution is 2.55. The first kappa shape index (κ1) is 17.2. The number of aromatic nitrogens is 1. The van der Waals surface area contributed by atoms with Gasteiger partial charge in [-0.05, 0) is 6.07 Å². The van der Waals surface area contributed by atoms with Crippen molar-refractivity contribution in [3.8, 4) is 11.9 Å². The molecule has 11 heteroatoms. The molecule has 1 atom stereocenters. The number of nitrogens with zero attached hydrogens (tertiary/aromatic N) is 2. The molecule has 1 aromatic carbocycles. The van der Waals surface area contributed by atoms with E-state index in [1.54, 1.807) is 0 Å². The second-order valence-electron chi connectivity index (χ2n) is 5.32. The van der Waals surface area contributed by atoms with Crippen molar-refractivity contribution in [3.63, 3.8) is 0 Å². The molecule has 0 radical (unpaired) electrons. The Balaban J connectivity index is 2.65. The van der Waals surface area contributed by atoms with Crippen molar-refractivity contribution in [3.05, 3.63) is 41.3 Å². The number of hydrogen-bond acceptors (Lipinski definition) is 5. The molecule has 1 aliphatic heterocycles. The zero-order valence-corrected chi connectivity index (χ0v) is 12.5. The van der Waals surface area contributed by atoms with E-state index < -0.39 is 46.6 Å². The minimum Gasteiger partial charge on any atom is -0.480 e. The van der Waals surface area contributed by atoms with Gasteiger partial charge in [0.2, 0.25) is 17.2 Å². The average Bonchev–Trinajstić information content (AvgIpc) is 2.85. The van der Waals surface area contributed by atoms with Gasteiger partial charge in [0.25, 0.3) is 0 Å². The van der Waals surface area contributed by atoms with Gasteiger partial charge in [-0.15, -0.1) is 0 Å². The van der Waals surface area contributed by atoms with Crippen LogP contribution in [0.1, 0.15) is 5.56 Å². The number of halogens is 3. The Morgan fingerprint density at radius 2 is 1.88 bits per heavy atom. The number of nitriles is 1. The molecule has 4 N–H and O–H groups in total. The Morgan fingerprint density at radius 1 is 1.27 bits per heavy atom. The van der Waals surface area contributed by atoms with Crippen LogP contribution in [-0.4, -0.2) is 33.0 Å². The Hall–Kier alpha value is -3.68. The number of carbonyl (C=O) groups is 2. The van der Waals surface area contributed by atoms with E-state index in [-0.39, 0.29) is 10.9 Å². The minimum atomic E-state index is -5.51. The third-order valence-electron chi connectivity index (χ3n) is 4.08. The Morgan fingerprint density at radius 3 is 2.38 bits per heavy atom. The number of hydrogen-bond donors (Lipinski definition) is 3. The van der Waals surface area contributed by atoms with Gasteiger partial charge in [-0.2, -0.15) is 18.4 Å². The second kappa shape index (κ2) is 5.16. The van der Waals surface area contributed by atoms with E-state index in [0.29, 0.717) is 4.57 Å². The summed E-state index contributed by atoms with van der Waals surface area (Å²) in [5.41, 5.74) is -1.14. The standard InChI is InChI=1S/C15H8F3N3O5/c16-15(17,18)14(12(22)23)7(5-19)10(20)26-11-9(14)6-3-1-2-4-8(6)21(11)13(24)25/h1-4H,20H2,(H,22,23)(H,24,25)/t14-/m1/s1. The molecule has 0 bridgehead atoms. The molecule has 0 aliphatic carbocycles. The molecule has 0 saturated carbocycles. The van der Waals surface area contributed by atoms with Crippen molar-refractivity contribution in [2.75, 3.05) is 0 Å². The predicted octanol–water partition coefficient (Wildman–Crippen LogP) is 2.14. The van der Waals surface area contributed by atoms with Crippen LogP contribution in [0.4, 0.5) is 18.0 Å². The molecule has 8 nitrogen and oxygen atoms in total. The summed E-state index contributed by atoms with van der Waals surface area (Å²) in [5, 5.41) is 27.7. The molecule has 26 heavy (non-hydrogen) atoms. The first-order valence-electron chi connectivity index (χ1n) is 6.84. The zero-order chi connectivity index (χ0) is 19.4. The van der Waals surface area contributed by atoms with Gasteiger partial charge in [-0.1, -0.05) is 18.2 Å². The minimum absolute atomic E-state index is 0.244. The topological polar surface area (TPSA) is 139 Å². The van der Waals surface area contributed by atoms with Gasteiger partial charge in [0.15, 0.2) is 0 Å². The first-order valence-corrected chi connectivity index (χ1v) is 6.84. The molecule has 0 spiro atoms. The van der Waals surface area contributed by atoms with E-state index in [2.05, 4.69) is 0 Å². The van der Waals surface area contributed by atoms with Crippen LogP contribution in [-0.2, 0) is 10.2 Å². The number of alkyl halides is 3. The maximum absolute atomic E-state index is 14.0. The van der Waals surface area contributed by atoms with E-state index in [1.165, 1.54) is 18.2 Å². The SMILES string of the molecule is N#CC1=C(N)Oc2c(c3ccccc3n2C(=O)O)[C@]1(C(=O)O)C(F)(F)F. The summed E-state index contributed by atoms with van der Waals surface area (Å²) >= 11 is 0. The van der Waals surface area contributed by atoms with Crippen LogP contribution in [0.25, 0.3) is 10.9 Å². The van der Waals surface area contributed by atoms with Crippen LogP contribution in [0.15, 0.2) is 35.7 Å². The number of aliphatic carboxylic acids is 1. The quantitative estimate of drug-likeness (QED) is 0.702. The molecular formula is C15H8F3N3O5. The van der Waals surface area contributed by atoms with E-state index in [9.17, 15) is 33.0 Å². The van der Waals surface area contributed by atoms with Crippen LogP contribution in [0.3, 0.4) is 0 Å². The van der Waals surface area contributed by atoms with Crippen LogP contribution in [0.2, 0.25) is 0 Å². The van der Waals surface area contributed by atoms with Crippen LogP contribution in [0.5, 0.6) is 5.88 Å². The van der Waals surface area contributed by atoms with Gasteiger partial charge in [-0.3, -0.25) is 4.79 Å². The van der Waals surface area contributed by atoms with Crippen molar-refractivity contribution >= 4 is 23.0 Å². The normalized spacial score (nSPS) is 19.6. The lowest BCUT2D eigenvalue weighted by atomic mass is 9.72. The predicted molar refractivity (Wildman–Crippen MR) is 78.2 cm³/mol. The van der Waals surface area contributed by atoms with Crippen molar-refractivity contribution in [2.24, 2.45) is 5.73 Å². The molecule has 134 valence electrons. The van der Waals surface area contributed by atoms with E-state index in [0.717, 1.165) is 12.1 Å². The first-order chi connectivity index (χ1) is 12.1. The fraction of sp³-hybridized carbons (Fsp3) is 0.133. The molecule has 1 aliphatic rings. The number of carboxylic acids is 1. The molecule has 1 aromatic heterocycles. The van der Waals surface area contributed by atoms with E-state index >= 15 is 0 Å². The summed E-state index contributed by atoms with van der Waals surface area (Å²) in [5.74, 6) is -4.48.